The number of rotatable bonds is 12. The Morgan fingerprint density at radius 1 is 0.613 bits per heavy atom. The zero-order valence-corrected chi connectivity index (χ0v) is 17.4. The normalized spacial score (nSPS) is 10.6. The van der Waals surface area contributed by atoms with Crippen molar-refractivity contribution in [2.75, 3.05) is 0 Å². The SMILES string of the molecule is O=C(CCCCCCCC(=O)NCc1cccc(O)c1O)NCc1cccc(O)c1O. The number of carbonyl (C=O) groups excluding carboxylic acids is 2. The molecule has 0 radical (unpaired) electrons. The molecule has 0 saturated heterocycles. The molecule has 0 heterocycles. The second-order valence-electron chi connectivity index (χ2n) is 7.39. The molecule has 6 N–H and O–H groups in total. The van der Waals surface area contributed by atoms with Crippen LogP contribution in [0.1, 0.15) is 56.1 Å². The average molecular weight is 431 g/mol. The van der Waals surface area contributed by atoms with Crippen LogP contribution in [-0.4, -0.2) is 32.2 Å². The molecule has 0 aliphatic rings. The van der Waals surface area contributed by atoms with Crippen LogP contribution in [0, 0.1) is 0 Å². The zero-order valence-electron chi connectivity index (χ0n) is 17.4. The molecule has 0 saturated carbocycles. The molecule has 0 atom stereocenters. The predicted octanol–water partition coefficient (Wildman–Crippen LogP) is 3.17. The summed E-state index contributed by atoms with van der Waals surface area (Å²) in [4.78, 5) is 23.8. The van der Waals surface area contributed by atoms with Gasteiger partial charge in [0.15, 0.2) is 23.0 Å². The van der Waals surface area contributed by atoms with Gasteiger partial charge in [-0.2, -0.15) is 0 Å². The molecule has 168 valence electrons. The van der Waals surface area contributed by atoms with Gasteiger partial charge in [0.25, 0.3) is 0 Å². The lowest BCUT2D eigenvalue weighted by Crippen LogP contribution is -2.22. The highest BCUT2D eigenvalue weighted by Gasteiger charge is 2.09. The van der Waals surface area contributed by atoms with Gasteiger partial charge >= 0.3 is 0 Å². The summed E-state index contributed by atoms with van der Waals surface area (Å²) < 4.78 is 0. The number of nitrogens with one attached hydrogen (secondary N) is 2. The Morgan fingerprint density at radius 2 is 1.00 bits per heavy atom. The predicted molar refractivity (Wildman–Crippen MR) is 116 cm³/mol. The van der Waals surface area contributed by atoms with Crippen molar-refractivity contribution in [3.05, 3.63) is 47.5 Å². The molecule has 31 heavy (non-hydrogen) atoms. The van der Waals surface area contributed by atoms with Gasteiger partial charge in [-0.05, 0) is 25.0 Å². The van der Waals surface area contributed by atoms with Crippen LogP contribution >= 0.6 is 0 Å². The van der Waals surface area contributed by atoms with Gasteiger partial charge in [0.2, 0.25) is 11.8 Å². The summed E-state index contributed by atoms with van der Waals surface area (Å²) in [6.07, 6.45) is 4.91. The van der Waals surface area contributed by atoms with Crippen LogP contribution in [0.25, 0.3) is 0 Å². The minimum atomic E-state index is -0.217. The highest BCUT2D eigenvalue weighted by Crippen LogP contribution is 2.28. The van der Waals surface area contributed by atoms with Crippen LogP contribution in [0.2, 0.25) is 0 Å². The minimum Gasteiger partial charge on any atom is -0.504 e. The van der Waals surface area contributed by atoms with Crippen LogP contribution in [0.15, 0.2) is 36.4 Å². The Labute approximate surface area is 181 Å². The summed E-state index contributed by atoms with van der Waals surface area (Å²) in [6, 6.07) is 9.24. The molecule has 0 fully saturated rings. The van der Waals surface area contributed by atoms with E-state index in [-0.39, 0.29) is 47.9 Å². The summed E-state index contributed by atoms with van der Waals surface area (Å²) in [5.41, 5.74) is 0.928. The van der Waals surface area contributed by atoms with E-state index < -0.39 is 0 Å². The van der Waals surface area contributed by atoms with E-state index in [1.165, 1.54) is 12.1 Å². The van der Waals surface area contributed by atoms with E-state index in [0.29, 0.717) is 24.0 Å². The molecule has 0 unspecified atom stereocenters. The summed E-state index contributed by atoms with van der Waals surface area (Å²) in [5, 5.41) is 43.7. The third kappa shape index (κ3) is 8.08. The highest BCUT2D eigenvalue weighted by atomic mass is 16.3. The molecule has 8 heteroatoms. The lowest BCUT2D eigenvalue weighted by Gasteiger charge is -2.08. The standard InChI is InChI=1S/C23H30N2O6/c26-18-10-6-8-16(22(18)30)14-24-20(28)12-4-2-1-3-5-13-21(29)25-15-17-9-7-11-19(27)23(17)31/h6-11,26-27,30-31H,1-5,12-15H2,(H,24,28)(H,25,29). The summed E-state index contributed by atoms with van der Waals surface area (Å²) in [5.74, 6) is -1.08. The molecule has 0 bridgehead atoms. The van der Waals surface area contributed by atoms with Crippen molar-refractivity contribution in [1.82, 2.24) is 10.6 Å². The number of benzene rings is 2. The van der Waals surface area contributed by atoms with Crippen LogP contribution in [0.4, 0.5) is 0 Å². The van der Waals surface area contributed by atoms with Gasteiger partial charge in [0.05, 0.1) is 0 Å². The van der Waals surface area contributed by atoms with Gasteiger partial charge in [-0.1, -0.05) is 43.5 Å². The molecule has 0 spiro atoms. The van der Waals surface area contributed by atoms with E-state index in [9.17, 15) is 30.0 Å². The lowest BCUT2D eigenvalue weighted by molar-refractivity contribution is -0.122. The first-order chi connectivity index (χ1) is 14.9. The third-order valence-corrected chi connectivity index (χ3v) is 4.96. The molecule has 0 aromatic heterocycles. The number of aromatic hydroxyl groups is 4. The monoisotopic (exact) mass is 430 g/mol. The van der Waals surface area contributed by atoms with E-state index in [2.05, 4.69) is 10.6 Å². The molecule has 0 aliphatic heterocycles. The zero-order chi connectivity index (χ0) is 22.6. The van der Waals surface area contributed by atoms with Crippen LogP contribution < -0.4 is 10.6 Å². The Balaban J connectivity index is 1.50. The van der Waals surface area contributed by atoms with E-state index in [1.54, 1.807) is 24.3 Å². The third-order valence-electron chi connectivity index (χ3n) is 4.96. The topological polar surface area (TPSA) is 139 Å². The Kier molecular flexibility index (Phi) is 9.48. The van der Waals surface area contributed by atoms with Crippen molar-refractivity contribution in [2.45, 2.75) is 58.0 Å². The van der Waals surface area contributed by atoms with E-state index in [0.717, 1.165) is 32.1 Å². The minimum absolute atomic E-state index is 0.114. The number of phenolic OH excluding ortho intramolecular Hbond substituents is 4. The van der Waals surface area contributed by atoms with Crippen molar-refractivity contribution < 1.29 is 30.0 Å². The Hall–Kier alpha value is -3.42. The van der Waals surface area contributed by atoms with Crippen molar-refractivity contribution in [1.29, 1.82) is 0 Å². The number of carbonyl (C=O) groups is 2. The number of hydrogen-bond donors (Lipinski definition) is 6. The number of unbranched alkanes of at least 4 members (excludes halogenated alkanes) is 4. The van der Waals surface area contributed by atoms with E-state index in [4.69, 9.17) is 0 Å². The van der Waals surface area contributed by atoms with Gasteiger partial charge in [-0.15, -0.1) is 0 Å². The summed E-state index contributed by atoms with van der Waals surface area (Å²) in [7, 11) is 0. The van der Waals surface area contributed by atoms with E-state index >= 15 is 0 Å². The fraction of sp³-hybridized carbons (Fsp3) is 0.391. The molecule has 2 aromatic carbocycles. The highest BCUT2D eigenvalue weighted by molar-refractivity contribution is 5.76. The van der Waals surface area contributed by atoms with Gasteiger partial charge in [0.1, 0.15) is 0 Å². The molecular weight excluding hydrogens is 400 g/mol. The van der Waals surface area contributed by atoms with Gasteiger partial charge in [-0.3, -0.25) is 9.59 Å². The van der Waals surface area contributed by atoms with Crippen molar-refractivity contribution in [3.63, 3.8) is 0 Å². The summed E-state index contributed by atoms with van der Waals surface area (Å²) in [6.45, 7) is 0.323. The molecule has 2 aromatic rings. The Morgan fingerprint density at radius 3 is 1.42 bits per heavy atom. The molecule has 2 rings (SSSR count). The van der Waals surface area contributed by atoms with Gasteiger partial charge in [0, 0.05) is 37.1 Å². The maximum Gasteiger partial charge on any atom is 0.220 e. The maximum atomic E-state index is 11.9. The number of amides is 2. The maximum absolute atomic E-state index is 11.9. The van der Waals surface area contributed by atoms with Crippen molar-refractivity contribution in [3.8, 4) is 23.0 Å². The number of para-hydroxylation sites is 2. The second-order valence-corrected chi connectivity index (χ2v) is 7.39. The van der Waals surface area contributed by atoms with Crippen LogP contribution in [0.5, 0.6) is 23.0 Å². The molecule has 0 aliphatic carbocycles. The quantitative estimate of drug-likeness (QED) is 0.226. The second kappa shape index (κ2) is 12.3. The van der Waals surface area contributed by atoms with Crippen LogP contribution in [0.3, 0.4) is 0 Å². The molecular formula is C23H30N2O6. The smallest absolute Gasteiger partial charge is 0.220 e. The number of hydrogen-bond acceptors (Lipinski definition) is 6. The fourth-order valence-electron chi connectivity index (χ4n) is 3.11. The number of phenols is 4. The Bertz CT molecular complexity index is 813. The van der Waals surface area contributed by atoms with Crippen molar-refractivity contribution >= 4 is 11.8 Å². The largest absolute Gasteiger partial charge is 0.504 e. The lowest BCUT2D eigenvalue weighted by atomic mass is 10.1. The first kappa shape index (κ1) is 23.9. The van der Waals surface area contributed by atoms with E-state index in [1.807, 2.05) is 0 Å². The van der Waals surface area contributed by atoms with Gasteiger partial charge in [-0.25, -0.2) is 0 Å². The molecule has 8 nitrogen and oxygen atoms in total. The summed E-state index contributed by atoms with van der Waals surface area (Å²) >= 11 is 0. The fourth-order valence-corrected chi connectivity index (χ4v) is 3.11. The molecule has 2 amide bonds. The van der Waals surface area contributed by atoms with Gasteiger partial charge < -0.3 is 31.1 Å². The first-order valence-corrected chi connectivity index (χ1v) is 10.4. The van der Waals surface area contributed by atoms with Crippen molar-refractivity contribution in [2.24, 2.45) is 0 Å². The average Bonchev–Trinajstić information content (AvgIpc) is 2.75. The van der Waals surface area contributed by atoms with Crippen LogP contribution in [-0.2, 0) is 22.7 Å². The first-order valence-electron chi connectivity index (χ1n) is 10.4.